The standard InChI is InChI=1S/C15H23N3O3/c1-11-5-4-6-13(12(11)2)15(19)18(9-10-21-3)8-7-14(16)17-20/h4-6,20H,7-10H2,1-3H3,(H2,16,17). The number of ether oxygens (including phenoxy) is 1. The van der Waals surface area contributed by atoms with Crippen molar-refractivity contribution in [2.75, 3.05) is 26.8 Å². The Kier molecular flexibility index (Phi) is 6.68. The minimum Gasteiger partial charge on any atom is -0.409 e. The number of carbonyl (C=O) groups is 1. The zero-order chi connectivity index (χ0) is 15.8. The van der Waals surface area contributed by atoms with Gasteiger partial charge in [-0.25, -0.2) is 0 Å². The molecule has 0 spiro atoms. The molecule has 0 unspecified atom stereocenters. The van der Waals surface area contributed by atoms with Gasteiger partial charge in [0.2, 0.25) is 0 Å². The molecule has 21 heavy (non-hydrogen) atoms. The smallest absolute Gasteiger partial charge is 0.254 e. The molecule has 0 radical (unpaired) electrons. The number of hydrogen-bond donors (Lipinski definition) is 2. The lowest BCUT2D eigenvalue weighted by molar-refractivity contribution is 0.0699. The monoisotopic (exact) mass is 293 g/mol. The third-order valence-electron chi connectivity index (χ3n) is 3.45. The average Bonchev–Trinajstić information content (AvgIpc) is 2.49. The number of rotatable bonds is 7. The molecule has 0 aliphatic heterocycles. The van der Waals surface area contributed by atoms with Gasteiger partial charge < -0.3 is 20.6 Å². The number of nitrogens with zero attached hydrogens (tertiary/aromatic N) is 2. The van der Waals surface area contributed by atoms with Crippen molar-refractivity contribution in [3.8, 4) is 0 Å². The van der Waals surface area contributed by atoms with Crippen LogP contribution < -0.4 is 5.73 Å². The van der Waals surface area contributed by atoms with Gasteiger partial charge in [0.1, 0.15) is 5.84 Å². The molecule has 0 aliphatic carbocycles. The zero-order valence-corrected chi connectivity index (χ0v) is 12.8. The number of oxime groups is 1. The van der Waals surface area contributed by atoms with Crippen LogP contribution in [0.2, 0.25) is 0 Å². The Morgan fingerprint density at radius 2 is 2.10 bits per heavy atom. The summed E-state index contributed by atoms with van der Waals surface area (Å²) >= 11 is 0. The first-order valence-electron chi connectivity index (χ1n) is 6.82. The quantitative estimate of drug-likeness (QED) is 0.345. The van der Waals surface area contributed by atoms with Crippen LogP contribution in [0.4, 0.5) is 0 Å². The molecule has 0 bridgehead atoms. The van der Waals surface area contributed by atoms with Gasteiger partial charge in [-0.05, 0) is 31.0 Å². The van der Waals surface area contributed by atoms with Crippen LogP contribution in [0, 0.1) is 13.8 Å². The summed E-state index contributed by atoms with van der Waals surface area (Å²) in [4.78, 5) is 14.3. The second-order valence-corrected chi connectivity index (χ2v) is 4.87. The van der Waals surface area contributed by atoms with Gasteiger partial charge in [-0.15, -0.1) is 0 Å². The molecule has 6 nitrogen and oxygen atoms in total. The first-order chi connectivity index (χ1) is 10.0. The van der Waals surface area contributed by atoms with E-state index in [-0.39, 0.29) is 11.7 Å². The maximum Gasteiger partial charge on any atom is 0.254 e. The van der Waals surface area contributed by atoms with E-state index < -0.39 is 0 Å². The molecule has 0 heterocycles. The molecule has 1 amide bonds. The lowest BCUT2D eigenvalue weighted by Gasteiger charge is -2.23. The van der Waals surface area contributed by atoms with Crippen molar-refractivity contribution in [2.45, 2.75) is 20.3 Å². The number of carbonyl (C=O) groups excluding carboxylic acids is 1. The van der Waals surface area contributed by atoms with Crippen LogP contribution in [0.5, 0.6) is 0 Å². The Labute approximate surface area is 125 Å². The minimum atomic E-state index is -0.0704. The molecular weight excluding hydrogens is 270 g/mol. The van der Waals surface area contributed by atoms with Crippen molar-refractivity contribution in [1.82, 2.24) is 4.90 Å². The van der Waals surface area contributed by atoms with E-state index in [9.17, 15) is 4.79 Å². The van der Waals surface area contributed by atoms with Crippen molar-refractivity contribution >= 4 is 11.7 Å². The summed E-state index contributed by atoms with van der Waals surface area (Å²) in [6, 6.07) is 5.66. The normalized spacial score (nSPS) is 11.5. The Hall–Kier alpha value is -2.08. The van der Waals surface area contributed by atoms with Crippen molar-refractivity contribution < 1.29 is 14.7 Å². The van der Waals surface area contributed by atoms with E-state index >= 15 is 0 Å². The molecule has 1 aromatic carbocycles. The summed E-state index contributed by atoms with van der Waals surface area (Å²) in [6.45, 7) is 5.18. The lowest BCUT2D eigenvalue weighted by atomic mass is 10.0. The molecule has 0 aromatic heterocycles. The van der Waals surface area contributed by atoms with Crippen LogP contribution >= 0.6 is 0 Å². The van der Waals surface area contributed by atoms with Crippen LogP contribution in [0.3, 0.4) is 0 Å². The highest BCUT2D eigenvalue weighted by atomic mass is 16.5. The highest BCUT2D eigenvalue weighted by Crippen LogP contribution is 2.15. The molecule has 6 heteroatoms. The average molecular weight is 293 g/mol. The fourth-order valence-corrected chi connectivity index (χ4v) is 1.97. The van der Waals surface area contributed by atoms with E-state index in [1.54, 1.807) is 12.0 Å². The van der Waals surface area contributed by atoms with Gasteiger partial charge >= 0.3 is 0 Å². The molecule has 1 aromatic rings. The van der Waals surface area contributed by atoms with Crippen LogP contribution in [-0.4, -0.2) is 48.7 Å². The Morgan fingerprint density at radius 3 is 2.71 bits per heavy atom. The number of nitrogens with two attached hydrogens (primary N) is 1. The molecule has 0 fully saturated rings. The second kappa shape index (κ2) is 8.26. The summed E-state index contributed by atoms with van der Waals surface area (Å²) in [5, 5.41) is 11.5. The van der Waals surface area contributed by atoms with E-state index in [2.05, 4.69) is 5.16 Å². The van der Waals surface area contributed by atoms with Crippen LogP contribution in [0.1, 0.15) is 27.9 Å². The number of amidine groups is 1. The van der Waals surface area contributed by atoms with Crippen LogP contribution in [0.25, 0.3) is 0 Å². The molecule has 1 rings (SSSR count). The molecule has 0 aliphatic rings. The molecular formula is C15H23N3O3. The van der Waals surface area contributed by atoms with Crippen molar-refractivity contribution in [3.63, 3.8) is 0 Å². The molecule has 116 valence electrons. The molecule has 3 N–H and O–H groups in total. The van der Waals surface area contributed by atoms with Crippen molar-refractivity contribution in [2.24, 2.45) is 10.9 Å². The summed E-state index contributed by atoms with van der Waals surface area (Å²) in [5.74, 6) is 0.0326. The molecule has 0 saturated heterocycles. The second-order valence-electron chi connectivity index (χ2n) is 4.87. The number of aryl methyl sites for hydroxylation is 1. The zero-order valence-electron chi connectivity index (χ0n) is 12.8. The fourth-order valence-electron chi connectivity index (χ4n) is 1.97. The molecule has 0 atom stereocenters. The lowest BCUT2D eigenvalue weighted by Crippen LogP contribution is -2.37. The third-order valence-corrected chi connectivity index (χ3v) is 3.45. The first kappa shape index (κ1) is 17.0. The first-order valence-corrected chi connectivity index (χ1v) is 6.82. The Balaban J connectivity index is 2.90. The van der Waals surface area contributed by atoms with Gasteiger partial charge in [0.25, 0.3) is 5.91 Å². The molecule has 0 saturated carbocycles. The number of hydrogen-bond acceptors (Lipinski definition) is 4. The maximum absolute atomic E-state index is 12.7. The van der Waals surface area contributed by atoms with E-state index in [0.717, 1.165) is 11.1 Å². The Morgan fingerprint density at radius 1 is 1.38 bits per heavy atom. The number of methoxy groups -OCH3 is 1. The summed E-state index contributed by atoms with van der Waals surface area (Å²) in [7, 11) is 1.59. The van der Waals surface area contributed by atoms with E-state index in [0.29, 0.717) is 31.7 Å². The van der Waals surface area contributed by atoms with Crippen molar-refractivity contribution in [3.05, 3.63) is 34.9 Å². The summed E-state index contributed by atoms with van der Waals surface area (Å²) in [6.07, 6.45) is 0.316. The van der Waals surface area contributed by atoms with Crippen molar-refractivity contribution in [1.29, 1.82) is 0 Å². The number of amides is 1. The van der Waals surface area contributed by atoms with Crippen LogP contribution in [-0.2, 0) is 4.74 Å². The van der Waals surface area contributed by atoms with Crippen LogP contribution in [0.15, 0.2) is 23.4 Å². The highest BCUT2D eigenvalue weighted by Gasteiger charge is 2.18. The predicted molar refractivity (Wildman–Crippen MR) is 81.7 cm³/mol. The minimum absolute atomic E-state index is 0.0704. The number of benzene rings is 1. The SMILES string of the molecule is COCCN(CCC(N)=NO)C(=O)c1cccc(C)c1C. The highest BCUT2D eigenvalue weighted by molar-refractivity contribution is 5.96. The Bertz CT molecular complexity index is 515. The largest absolute Gasteiger partial charge is 0.409 e. The van der Waals surface area contributed by atoms with E-state index in [1.165, 1.54) is 0 Å². The maximum atomic E-state index is 12.7. The van der Waals surface area contributed by atoms with Gasteiger partial charge in [-0.3, -0.25) is 4.79 Å². The van der Waals surface area contributed by atoms with Gasteiger partial charge in [-0.2, -0.15) is 0 Å². The van der Waals surface area contributed by atoms with Gasteiger partial charge in [-0.1, -0.05) is 17.3 Å². The topological polar surface area (TPSA) is 88.2 Å². The van der Waals surface area contributed by atoms with E-state index in [1.807, 2.05) is 32.0 Å². The summed E-state index contributed by atoms with van der Waals surface area (Å²) < 4.78 is 5.04. The van der Waals surface area contributed by atoms with E-state index in [4.69, 9.17) is 15.7 Å². The third kappa shape index (κ3) is 4.75. The summed E-state index contributed by atoms with van der Waals surface area (Å²) in [5.41, 5.74) is 8.18. The van der Waals surface area contributed by atoms with Gasteiger partial charge in [0, 0.05) is 32.2 Å². The predicted octanol–water partition coefficient (Wildman–Crippen LogP) is 1.53. The fraction of sp³-hybridized carbons (Fsp3) is 0.467. The van der Waals surface area contributed by atoms with Gasteiger partial charge in [0.15, 0.2) is 0 Å². The van der Waals surface area contributed by atoms with Gasteiger partial charge in [0.05, 0.1) is 6.61 Å².